The van der Waals surface area contributed by atoms with Gasteiger partial charge in [0.25, 0.3) is 0 Å². The Kier molecular flexibility index (Phi) is 8.78. The van der Waals surface area contributed by atoms with Crippen molar-refractivity contribution in [2.45, 2.75) is 57.4 Å². The number of carboxylic acids is 1. The first-order valence-corrected chi connectivity index (χ1v) is 14.6. The van der Waals surface area contributed by atoms with Gasteiger partial charge in [-0.1, -0.05) is 30.0 Å². The minimum atomic E-state index is -0.705. The maximum absolute atomic E-state index is 11.3. The first kappa shape index (κ1) is 27.5. The average molecular weight is 549 g/mol. The molecule has 2 aromatic carbocycles. The van der Waals surface area contributed by atoms with Gasteiger partial charge in [-0.25, -0.2) is 0 Å². The summed E-state index contributed by atoms with van der Waals surface area (Å²) in [5.74, 6) is -0.249. The molecule has 1 unspecified atom stereocenters. The quantitative estimate of drug-likeness (QED) is 0.449. The zero-order chi connectivity index (χ0) is 27.4. The minimum absolute atomic E-state index is 0.0336. The summed E-state index contributed by atoms with van der Waals surface area (Å²) >= 11 is 1.67. The summed E-state index contributed by atoms with van der Waals surface area (Å²) in [6, 6.07) is 14.2. The van der Waals surface area contributed by atoms with Crippen molar-refractivity contribution in [3.63, 3.8) is 0 Å². The summed E-state index contributed by atoms with van der Waals surface area (Å²) in [4.78, 5) is 16.0. The number of carbonyl (C=O) groups is 1. The second-order valence-corrected chi connectivity index (χ2v) is 11.6. The second kappa shape index (κ2) is 12.4. The van der Waals surface area contributed by atoms with E-state index >= 15 is 0 Å². The number of nitrogens with one attached hydrogen (secondary N) is 1. The number of nitriles is 1. The van der Waals surface area contributed by atoms with E-state index in [9.17, 15) is 20.3 Å². The number of hydrogen-bond donors (Lipinski definition) is 3. The topological polar surface area (TPSA) is 109 Å². The Labute approximate surface area is 234 Å². The third kappa shape index (κ3) is 6.76. The average Bonchev–Trinajstić information content (AvgIpc) is 3.44. The predicted octanol–water partition coefficient (Wildman–Crippen LogP) is 4.12. The van der Waals surface area contributed by atoms with Crippen LogP contribution in [0.4, 0.5) is 0 Å². The molecule has 1 atom stereocenters. The Morgan fingerprint density at radius 1 is 1.13 bits per heavy atom. The van der Waals surface area contributed by atoms with Gasteiger partial charge in [-0.3, -0.25) is 14.6 Å². The van der Waals surface area contributed by atoms with Gasteiger partial charge in [0.15, 0.2) is 0 Å². The number of aryl methyl sites for hydroxylation is 1. The first-order chi connectivity index (χ1) is 18.9. The van der Waals surface area contributed by atoms with Crippen molar-refractivity contribution in [3.8, 4) is 11.8 Å². The molecule has 206 valence electrons. The molecular weight excluding hydrogens is 512 g/mol. The van der Waals surface area contributed by atoms with Crippen molar-refractivity contribution >= 4 is 23.4 Å². The molecule has 8 nitrogen and oxygen atoms in total. The molecule has 0 aliphatic carbocycles. The molecule has 3 aliphatic heterocycles. The number of thioether (sulfide) groups is 1. The fourth-order valence-corrected chi connectivity index (χ4v) is 6.52. The molecule has 3 N–H and O–H groups in total. The maximum Gasteiger partial charge on any atom is 0.306 e. The Morgan fingerprint density at radius 3 is 2.59 bits per heavy atom. The number of hydrogen-bond acceptors (Lipinski definition) is 8. The van der Waals surface area contributed by atoms with E-state index in [1.165, 1.54) is 11.1 Å². The molecule has 0 bridgehead atoms. The molecule has 2 fully saturated rings. The van der Waals surface area contributed by atoms with E-state index in [4.69, 9.17) is 4.74 Å². The number of likely N-dealkylation sites (tertiary alicyclic amines) is 2. The number of carboxylic acid groups (broad SMARTS) is 1. The van der Waals surface area contributed by atoms with Gasteiger partial charge in [0, 0.05) is 38.3 Å². The number of aliphatic hydroxyl groups excluding tert-OH is 1. The molecule has 39 heavy (non-hydrogen) atoms. The van der Waals surface area contributed by atoms with Crippen molar-refractivity contribution in [2.75, 3.05) is 26.2 Å². The molecule has 0 aromatic heterocycles. The van der Waals surface area contributed by atoms with Crippen LogP contribution in [0.15, 0.2) is 41.8 Å². The molecule has 0 spiro atoms. The largest absolute Gasteiger partial charge is 0.488 e. The van der Waals surface area contributed by atoms with Crippen LogP contribution < -0.4 is 10.1 Å². The lowest BCUT2D eigenvalue weighted by molar-refractivity contribution is -0.143. The predicted molar refractivity (Wildman–Crippen MR) is 152 cm³/mol. The van der Waals surface area contributed by atoms with Gasteiger partial charge >= 0.3 is 5.97 Å². The molecule has 2 aromatic rings. The summed E-state index contributed by atoms with van der Waals surface area (Å²) in [5.41, 5.74) is 5.93. The Balaban J connectivity index is 1.22. The number of benzene rings is 2. The van der Waals surface area contributed by atoms with Gasteiger partial charge in [-0.2, -0.15) is 5.26 Å². The van der Waals surface area contributed by atoms with Crippen LogP contribution in [0.2, 0.25) is 0 Å². The zero-order valence-electron chi connectivity index (χ0n) is 22.3. The van der Waals surface area contributed by atoms with Crippen LogP contribution in [0.3, 0.4) is 0 Å². The lowest BCUT2D eigenvalue weighted by Crippen LogP contribution is -2.45. The lowest BCUT2D eigenvalue weighted by Gasteiger charge is -2.34. The first-order valence-electron chi connectivity index (χ1n) is 13.6. The number of aliphatic carboxylic acids is 1. The number of nitrogens with zero attached hydrogens (tertiary/aromatic N) is 3. The Hall–Kier alpha value is -3.03. The van der Waals surface area contributed by atoms with Gasteiger partial charge in [-0.05, 0) is 72.9 Å². The van der Waals surface area contributed by atoms with Crippen LogP contribution >= 0.6 is 11.8 Å². The maximum atomic E-state index is 11.3. The summed E-state index contributed by atoms with van der Waals surface area (Å²) in [6.07, 6.45) is 2.82. The van der Waals surface area contributed by atoms with E-state index < -0.39 is 5.97 Å². The number of piperidine rings is 2. The van der Waals surface area contributed by atoms with Crippen molar-refractivity contribution in [1.82, 2.24) is 15.1 Å². The number of rotatable bonds is 8. The van der Waals surface area contributed by atoms with E-state index in [-0.39, 0.29) is 17.5 Å². The highest BCUT2D eigenvalue weighted by Crippen LogP contribution is 2.36. The van der Waals surface area contributed by atoms with Crippen LogP contribution in [0.25, 0.3) is 5.70 Å². The van der Waals surface area contributed by atoms with Gasteiger partial charge < -0.3 is 20.3 Å². The normalized spacial score (nSPS) is 21.3. The summed E-state index contributed by atoms with van der Waals surface area (Å²) in [7, 11) is 0. The van der Waals surface area contributed by atoms with Gasteiger partial charge in [0.2, 0.25) is 0 Å². The van der Waals surface area contributed by atoms with Crippen LogP contribution in [-0.4, -0.2) is 63.8 Å². The van der Waals surface area contributed by atoms with Crippen molar-refractivity contribution in [2.24, 2.45) is 5.92 Å². The van der Waals surface area contributed by atoms with Gasteiger partial charge in [-0.15, -0.1) is 0 Å². The monoisotopic (exact) mass is 548 g/mol. The standard InChI is InChI=1S/C30H36N4O4S/c1-20-14-22(17-33-10-8-25(35)9-11-33)2-4-24(20)18-38-28-5-3-21(16-31)15-26(28)27-19-39-30(32-27)34-12-6-23(7-13-34)29(36)37/h2-5,14-15,19,23,25,30,32,35H,6-13,17-18H2,1H3,(H,36,37). The fraction of sp³-hybridized carbons (Fsp3) is 0.467. The molecule has 0 saturated carbocycles. The SMILES string of the molecule is Cc1cc(CN2CCC(O)CC2)ccc1COc1ccc(C#N)cc1C1=CSC(N2CCC(C(=O)O)CC2)N1. The lowest BCUT2D eigenvalue weighted by atomic mass is 9.97. The summed E-state index contributed by atoms with van der Waals surface area (Å²) < 4.78 is 6.32. The third-order valence-electron chi connectivity index (χ3n) is 7.96. The van der Waals surface area contributed by atoms with Crippen LogP contribution in [0.1, 0.15) is 53.5 Å². The minimum Gasteiger partial charge on any atom is -0.488 e. The molecule has 0 radical (unpaired) electrons. The Bertz CT molecular complexity index is 1260. The Morgan fingerprint density at radius 2 is 1.90 bits per heavy atom. The van der Waals surface area contributed by atoms with E-state index in [0.29, 0.717) is 30.8 Å². The second-order valence-electron chi connectivity index (χ2n) is 10.7. The molecule has 3 heterocycles. The highest BCUT2D eigenvalue weighted by atomic mass is 32.2. The van der Waals surface area contributed by atoms with E-state index in [1.807, 2.05) is 12.1 Å². The molecule has 0 amide bonds. The highest BCUT2D eigenvalue weighted by Gasteiger charge is 2.31. The van der Waals surface area contributed by atoms with Crippen molar-refractivity contribution in [1.29, 1.82) is 5.26 Å². The van der Waals surface area contributed by atoms with E-state index in [1.54, 1.807) is 17.8 Å². The van der Waals surface area contributed by atoms with Gasteiger partial charge in [0.1, 0.15) is 17.9 Å². The van der Waals surface area contributed by atoms with Crippen LogP contribution in [0.5, 0.6) is 5.75 Å². The van der Waals surface area contributed by atoms with E-state index in [0.717, 1.165) is 62.4 Å². The fourth-order valence-electron chi connectivity index (χ4n) is 5.48. The third-order valence-corrected chi connectivity index (χ3v) is 9.00. The van der Waals surface area contributed by atoms with Crippen molar-refractivity contribution < 1.29 is 19.7 Å². The molecule has 3 aliphatic rings. The summed E-state index contributed by atoms with van der Waals surface area (Å²) in [5, 5.41) is 34.2. The summed E-state index contributed by atoms with van der Waals surface area (Å²) in [6.45, 7) is 6.75. The van der Waals surface area contributed by atoms with Gasteiger partial charge in [0.05, 0.1) is 29.4 Å². The smallest absolute Gasteiger partial charge is 0.306 e. The molecule has 2 saturated heterocycles. The van der Waals surface area contributed by atoms with Crippen LogP contribution in [0, 0.1) is 24.2 Å². The molecule has 9 heteroatoms. The zero-order valence-corrected chi connectivity index (χ0v) is 23.1. The van der Waals surface area contributed by atoms with Crippen molar-refractivity contribution in [3.05, 3.63) is 69.6 Å². The van der Waals surface area contributed by atoms with E-state index in [2.05, 4.69) is 51.7 Å². The van der Waals surface area contributed by atoms with Crippen LogP contribution in [-0.2, 0) is 17.9 Å². The highest BCUT2D eigenvalue weighted by molar-refractivity contribution is 8.03. The number of ether oxygens (including phenoxy) is 1. The molecule has 5 rings (SSSR count). The molecular formula is C30H36N4O4S. The number of aliphatic hydroxyl groups is 1.